The van der Waals surface area contributed by atoms with E-state index in [0.29, 0.717) is 11.5 Å². The number of nitrogens with zero attached hydrogens (tertiary/aromatic N) is 7. The topological polar surface area (TPSA) is 92.6 Å². The molecular formula is C20H21N7O. The minimum absolute atomic E-state index is 0.0276. The molecule has 1 aliphatic rings. The molecule has 8 nitrogen and oxygen atoms in total. The largest absolute Gasteiger partial charge is 0.356 e. The molecular weight excluding hydrogens is 354 g/mol. The first-order chi connectivity index (χ1) is 13.5. The monoisotopic (exact) mass is 375 g/mol. The third-order valence-corrected chi connectivity index (χ3v) is 5.02. The van der Waals surface area contributed by atoms with Gasteiger partial charge in [0, 0.05) is 24.8 Å². The highest BCUT2D eigenvalue weighted by atomic mass is 16.1. The lowest BCUT2D eigenvalue weighted by molar-refractivity contribution is 0.350. The number of piperidine rings is 1. The number of rotatable bonds is 3. The zero-order valence-electron chi connectivity index (χ0n) is 15.9. The van der Waals surface area contributed by atoms with Crippen molar-refractivity contribution >= 4 is 5.82 Å². The Kier molecular flexibility index (Phi) is 4.65. The zero-order chi connectivity index (χ0) is 19.7. The van der Waals surface area contributed by atoms with Crippen LogP contribution in [0.3, 0.4) is 0 Å². The van der Waals surface area contributed by atoms with E-state index in [1.807, 2.05) is 32.0 Å². The highest BCUT2D eigenvalue weighted by Gasteiger charge is 2.23. The molecule has 1 saturated heterocycles. The SMILES string of the molecule is Cc1cc(C)n(-c2ccc(=O)n(C3CCN(c4cccc(C#N)n4)CC3)n2)n1. The Morgan fingerprint density at radius 1 is 1.07 bits per heavy atom. The molecule has 3 aromatic rings. The lowest BCUT2D eigenvalue weighted by Gasteiger charge is -2.33. The first kappa shape index (κ1) is 17.9. The Morgan fingerprint density at radius 3 is 2.54 bits per heavy atom. The van der Waals surface area contributed by atoms with Gasteiger partial charge >= 0.3 is 0 Å². The second-order valence-corrected chi connectivity index (χ2v) is 7.02. The number of hydrogen-bond donors (Lipinski definition) is 0. The van der Waals surface area contributed by atoms with Crippen LogP contribution < -0.4 is 10.5 Å². The normalized spacial score (nSPS) is 14.8. The zero-order valence-corrected chi connectivity index (χ0v) is 15.9. The maximum atomic E-state index is 12.4. The quantitative estimate of drug-likeness (QED) is 0.696. The second kappa shape index (κ2) is 7.27. The van der Waals surface area contributed by atoms with Crippen LogP contribution in [-0.2, 0) is 0 Å². The third kappa shape index (κ3) is 3.39. The van der Waals surface area contributed by atoms with E-state index >= 15 is 0 Å². The Bertz CT molecular complexity index is 1100. The van der Waals surface area contributed by atoms with Crippen LogP contribution in [-0.4, -0.2) is 37.6 Å². The number of nitriles is 1. The minimum atomic E-state index is -0.103. The highest BCUT2D eigenvalue weighted by Crippen LogP contribution is 2.24. The maximum absolute atomic E-state index is 12.4. The van der Waals surface area contributed by atoms with Crippen LogP contribution in [0.5, 0.6) is 0 Å². The number of hydrogen-bond acceptors (Lipinski definition) is 6. The molecule has 0 aromatic carbocycles. The van der Waals surface area contributed by atoms with Crippen molar-refractivity contribution in [3.63, 3.8) is 0 Å². The molecule has 0 spiro atoms. The number of anilines is 1. The van der Waals surface area contributed by atoms with Crippen LogP contribution >= 0.6 is 0 Å². The Hall–Kier alpha value is -3.47. The minimum Gasteiger partial charge on any atom is -0.356 e. The predicted octanol–water partition coefficient (Wildman–Crippen LogP) is 2.15. The van der Waals surface area contributed by atoms with Gasteiger partial charge in [0.1, 0.15) is 17.6 Å². The Morgan fingerprint density at radius 2 is 1.86 bits per heavy atom. The molecule has 0 saturated carbocycles. The van der Waals surface area contributed by atoms with Gasteiger partial charge in [0.05, 0.1) is 11.7 Å². The average Bonchev–Trinajstić information content (AvgIpc) is 3.06. The van der Waals surface area contributed by atoms with Crippen LogP contribution in [0.2, 0.25) is 0 Å². The summed E-state index contributed by atoms with van der Waals surface area (Å²) in [7, 11) is 0. The Balaban J connectivity index is 1.55. The summed E-state index contributed by atoms with van der Waals surface area (Å²) in [6.07, 6.45) is 1.57. The molecule has 0 unspecified atom stereocenters. The standard InChI is InChI=1S/C20H21N7O/c1-14-12-15(2)26(23-14)19-6-7-20(28)27(24-19)17-8-10-25(11-9-17)18-5-3-4-16(13-21)22-18/h3-7,12,17H,8-11H2,1-2H3. The van der Waals surface area contributed by atoms with Crippen LogP contribution in [0.1, 0.15) is 36.0 Å². The van der Waals surface area contributed by atoms with E-state index in [1.54, 1.807) is 27.6 Å². The summed E-state index contributed by atoms with van der Waals surface area (Å²) in [5.41, 5.74) is 2.20. The smallest absolute Gasteiger partial charge is 0.267 e. The van der Waals surface area contributed by atoms with E-state index in [9.17, 15) is 4.79 Å². The van der Waals surface area contributed by atoms with Gasteiger partial charge in [-0.1, -0.05) is 6.07 Å². The molecule has 3 aromatic heterocycles. The van der Waals surface area contributed by atoms with E-state index in [-0.39, 0.29) is 11.6 Å². The van der Waals surface area contributed by atoms with E-state index < -0.39 is 0 Å². The number of pyridine rings is 1. The van der Waals surface area contributed by atoms with Crippen molar-refractivity contribution in [1.29, 1.82) is 5.26 Å². The second-order valence-electron chi connectivity index (χ2n) is 7.02. The summed E-state index contributed by atoms with van der Waals surface area (Å²) in [6, 6.07) is 12.8. The molecule has 1 fully saturated rings. The molecule has 28 heavy (non-hydrogen) atoms. The molecule has 0 aliphatic carbocycles. The molecule has 142 valence electrons. The van der Waals surface area contributed by atoms with Crippen molar-refractivity contribution in [3.05, 3.63) is 63.8 Å². The van der Waals surface area contributed by atoms with Crippen molar-refractivity contribution in [2.45, 2.75) is 32.7 Å². The highest BCUT2D eigenvalue weighted by molar-refractivity contribution is 5.42. The van der Waals surface area contributed by atoms with Gasteiger partial charge in [-0.25, -0.2) is 14.3 Å². The fourth-order valence-electron chi connectivity index (χ4n) is 3.65. The van der Waals surface area contributed by atoms with Gasteiger partial charge < -0.3 is 4.90 Å². The number of aromatic nitrogens is 5. The van der Waals surface area contributed by atoms with Crippen molar-refractivity contribution in [1.82, 2.24) is 24.5 Å². The van der Waals surface area contributed by atoms with E-state index in [0.717, 1.165) is 43.1 Å². The lowest BCUT2D eigenvalue weighted by atomic mass is 10.1. The molecule has 0 radical (unpaired) electrons. The molecule has 0 N–H and O–H groups in total. The van der Waals surface area contributed by atoms with Gasteiger partial charge in [0.2, 0.25) is 0 Å². The fourth-order valence-corrected chi connectivity index (χ4v) is 3.65. The van der Waals surface area contributed by atoms with Gasteiger partial charge in [0.15, 0.2) is 5.82 Å². The van der Waals surface area contributed by atoms with Crippen molar-refractivity contribution in [3.8, 4) is 11.9 Å². The van der Waals surface area contributed by atoms with Gasteiger partial charge in [-0.3, -0.25) is 4.79 Å². The van der Waals surface area contributed by atoms with E-state index in [2.05, 4.69) is 26.2 Å². The summed E-state index contributed by atoms with van der Waals surface area (Å²) in [4.78, 5) is 18.9. The molecule has 0 atom stereocenters. The summed E-state index contributed by atoms with van der Waals surface area (Å²) >= 11 is 0. The molecule has 0 bridgehead atoms. The summed E-state index contributed by atoms with van der Waals surface area (Å²) in [5, 5.41) is 18.1. The predicted molar refractivity (Wildman–Crippen MR) is 105 cm³/mol. The van der Waals surface area contributed by atoms with E-state index in [4.69, 9.17) is 5.26 Å². The van der Waals surface area contributed by atoms with Gasteiger partial charge in [-0.2, -0.15) is 10.4 Å². The van der Waals surface area contributed by atoms with Gasteiger partial charge in [-0.05, 0) is 51.0 Å². The van der Waals surface area contributed by atoms with Gasteiger partial charge in [-0.15, -0.1) is 5.10 Å². The third-order valence-electron chi connectivity index (χ3n) is 5.02. The molecule has 1 aliphatic heterocycles. The first-order valence-electron chi connectivity index (χ1n) is 9.31. The van der Waals surface area contributed by atoms with Crippen LogP contribution in [0.4, 0.5) is 5.82 Å². The fraction of sp³-hybridized carbons (Fsp3) is 0.350. The van der Waals surface area contributed by atoms with Crippen molar-refractivity contribution < 1.29 is 0 Å². The summed E-state index contributed by atoms with van der Waals surface area (Å²) in [5.74, 6) is 1.45. The lowest BCUT2D eigenvalue weighted by Crippen LogP contribution is -2.39. The van der Waals surface area contributed by atoms with E-state index in [1.165, 1.54) is 0 Å². The van der Waals surface area contributed by atoms with Crippen molar-refractivity contribution in [2.24, 2.45) is 0 Å². The van der Waals surface area contributed by atoms with Gasteiger partial charge in [0.25, 0.3) is 5.56 Å². The van der Waals surface area contributed by atoms with Crippen LogP contribution in [0, 0.1) is 25.2 Å². The molecule has 4 heterocycles. The van der Waals surface area contributed by atoms with Crippen LogP contribution in [0.25, 0.3) is 5.82 Å². The average molecular weight is 375 g/mol. The molecule has 0 amide bonds. The van der Waals surface area contributed by atoms with Crippen LogP contribution in [0.15, 0.2) is 41.2 Å². The van der Waals surface area contributed by atoms with Crippen molar-refractivity contribution in [2.75, 3.05) is 18.0 Å². The molecule has 8 heteroatoms. The maximum Gasteiger partial charge on any atom is 0.267 e. The molecule has 4 rings (SSSR count). The first-order valence-corrected chi connectivity index (χ1v) is 9.31. The number of aryl methyl sites for hydroxylation is 2. The Labute approximate surface area is 162 Å². The summed E-state index contributed by atoms with van der Waals surface area (Å²) in [6.45, 7) is 5.41. The summed E-state index contributed by atoms with van der Waals surface area (Å²) < 4.78 is 3.35.